The second-order valence-corrected chi connectivity index (χ2v) is 6.47. The van der Waals surface area contributed by atoms with Crippen molar-refractivity contribution in [3.63, 3.8) is 0 Å². The van der Waals surface area contributed by atoms with E-state index in [1.165, 1.54) is 32.7 Å². The normalized spacial score (nSPS) is 23.0. The van der Waals surface area contributed by atoms with Crippen LogP contribution in [0.25, 0.3) is 0 Å². The third-order valence-electron chi connectivity index (χ3n) is 3.49. The van der Waals surface area contributed by atoms with E-state index in [0.29, 0.717) is 5.41 Å². The Bertz CT molecular complexity index is 181. The zero-order valence-electron chi connectivity index (χ0n) is 10.6. The van der Waals surface area contributed by atoms with Gasteiger partial charge >= 0.3 is 0 Å². The fourth-order valence-corrected chi connectivity index (χ4v) is 3.07. The fraction of sp³-hybridized carbons (Fsp3) is 1.00. The molecule has 1 rings (SSSR count). The molecule has 0 amide bonds. The van der Waals surface area contributed by atoms with Gasteiger partial charge in [-0.3, -0.25) is 0 Å². The van der Waals surface area contributed by atoms with Gasteiger partial charge in [0, 0.05) is 38.1 Å². The molecule has 0 saturated carbocycles. The summed E-state index contributed by atoms with van der Waals surface area (Å²) in [5.74, 6) is 0.751. The van der Waals surface area contributed by atoms with E-state index >= 15 is 0 Å². The lowest BCUT2D eigenvalue weighted by Crippen LogP contribution is -2.47. The summed E-state index contributed by atoms with van der Waals surface area (Å²) in [5.41, 5.74) is 0.410. The van der Waals surface area contributed by atoms with E-state index in [1.807, 2.05) is 0 Å². The maximum atomic E-state index is 3.65. The number of hydrogen-bond donors (Lipinski definition) is 0. The highest BCUT2D eigenvalue weighted by Gasteiger charge is 2.26. The maximum Gasteiger partial charge on any atom is 0.0110 e. The molecule has 1 aliphatic rings. The van der Waals surface area contributed by atoms with Gasteiger partial charge < -0.3 is 9.80 Å². The van der Waals surface area contributed by atoms with Crippen LogP contribution in [0.1, 0.15) is 20.8 Å². The minimum atomic E-state index is 0.410. The number of hydrogen-bond acceptors (Lipinski definition) is 2. The Balaban J connectivity index is 2.39. The number of likely N-dealkylation sites (N-methyl/N-ethyl adjacent to an activating group) is 1. The summed E-state index contributed by atoms with van der Waals surface area (Å²) < 4.78 is 0. The molecule has 1 fully saturated rings. The lowest BCUT2D eigenvalue weighted by atomic mass is 9.81. The van der Waals surface area contributed by atoms with Crippen LogP contribution in [-0.2, 0) is 0 Å². The lowest BCUT2D eigenvalue weighted by Gasteiger charge is -2.38. The van der Waals surface area contributed by atoms with E-state index < -0.39 is 0 Å². The molecule has 2 nitrogen and oxygen atoms in total. The van der Waals surface area contributed by atoms with Gasteiger partial charge in [-0.15, -0.1) is 0 Å². The van der Waals surface area contributed by atoms with Gasteiger partial charge in [-0.25, -0.2) is 0 Å². The van der Waals surface area contributed by atoms with Crippen molar-refractivity contribution < 1.29 is 0 Å². The fourth-order valence-electron chi connectivity index (χ4n) is 1.90. The molecule has 0 radical (unpaired) electrons. The minimum absolute atomic E-state index is 0.410. The highest BCUT2D eigenvalue weighted by atomic mass is 79.9. The predicted molar refractivity (Wildman–Crippen MR) is 70.7 cm³/mol. The Hall–Kier alpha value is 0.400. The second kappa shape index (κ2) is 5.65. The first-order valence-electron chi connectivity index (χ1n) is 5.90. The van der Waals surface area contributed by atoms with Gasteiger partial charge in [-0.05, 0) is 18.4 Å². The van der Waals surface area contributed by atoms with E-state index in [-0.39, 0.29) is 0 Å². The van der Waals surface area contributed by atoms with Gasteiger partial charge in [0.1, 0.15) is 0 Å². The van der Waals surface area contributed by atoms with Crippen LogP contribution in [0.15, 0.2) is 0 Å². The largest absolute Gasteiger partial charge is 0.304 e. The molecule has 1 aliphatic heterocycles. The van der Waals surface area contributed by atoms with E-state index in [1.54, 1.807) is 0 Å². The standard InChI is InChI=1S/C12H25BrN2/c1-12(2,3)11(9-13)10-15-7-5-14(4)6-8-15/h11H,5-10H2,1-4H3. The molecular formula is C12H25BrN2. The average Bonchev–Trinajstić information content (AvgIpc) is 2.15. The Morgan fingerprint density at radius 2 is 1.67 bits per heavy atom. The molecule has 1 atom stereocenters. The summed E-state index contributed by atoms with van der Waals surface area (Å²) in [4.78, 5) is 5.02. The minimum Gasteiger partial charge on any atom is -0.304 e. The van der Waals surface area contributed by atoms with E-state index in [2.05, 4.69) is 53.5 Å². The van der Waals surface area contributed by atoms with Crippen LogP contribution < -0.4 is 0 Å². The van der Waals surface area contributed by atoms with Crippen molar-refractivity contribution in [3.8, 4) is 0 Å². The van der Waals surface area contributed by atoms with E-state index in [4.69, 9.17) is 0 Å². The van der Waals surface area contributed by atoms with Crippen molar-refractivity contribution in [2.45, 2.75) is 20.8 Å². The molecule has 0 N–H and O–H groups in total. The predicted octanol–water partition coefficient (Wildman–Crippen LogP) is 2.29. The molecule has 90 valence electrons. The van der Waals surface area contributed by atoms with Crippen LogP contribution in [0.5, 0.6) is 0 Å². The first kappa shape index (κ1) is 13.5. The van der Waals surface area contributed by atoms with Crippen molar-refractivity contribution in [1.82, 2.24) is 9.80 Å². The molecule has 15 heavy (non-hydrogen) atoms. The molecule has 0 aliphatic carbocycles. The Kier molecular flexibility index (Phi) is 5.07. The molecule has 3 heteroatoms. The third kappa shape index (κ3) is 4.41. The number of nitrogens with zero attached hydrogens (tertiary/aromatic N) is 2. The molecule has 1 heterocycles. The first-order chi connectivity index (χ1) is 6.93. The molecule has 0 aromatic heterocycles. The smallest absolute Gasteiger partial charge is 0.0110 e. The van der Waals surface area contributed by atoms with Crippen molar-refractivity contribution in [2.75, 3.05) is 45.1 Å². The highest BCUT2D eigenvalue weighted by Crippen LogP contribution is 2.28. The van der Waals surface area contributed by atoms with Crippen molar-refractivity contribution in [2.24, 2.45) is 11.3 Å². The topological polar surface area (TPSA) is 6.48 Å². The number of rotatable bonds is 3. The van der Waals surface area contributed by atoms with Gasteiger partial charge in [0.2, 0.25) is 0 Å². The van der Waals surface area contributed by atoms with Crippen molar-refractivity contribution in [3.05, 3.63) is 0 Å². The molecule has 0 bridgehead atoms. The van der Waals surface area contributed by atoms with Crippen LogP contribution in [0.2, 0.25) is 0 Å². The number of halogens is 1. The lowest BCUT2D eigenvalue weighted by molar-refractivity contribution is 0.110. The third-order valence-corrected chi connectivity index (χ3v) is 4.27. The Labute approximate surface area is 103 Å². The van der Waals surface area contributed by atoms with E-state index in [9.17, 15) is 0 Å². The zero-order chi connectivity index (χ0) is 11.5. The summed E-state index contributed by atoms with van der Waals surface area (Å²) in [7, 11) is 2.21. The van der Waals surface area contributed by atoms with Crippen molar-refractivity contribution >= 4 is 15.9 Å². The summed E-state index contributed by atoms with van der Waals surface area (Å²) in [6.45, 7) is 13.2. The Morgan fingerprint density at radius 1 is 1.13 bits per heavy atom. The summed E-state index contributed by atoms with van der Waals surface area (Å²) in [5, 5.41) is 1.11. The molecule has 0 aromatic carbocycles. The summed E-state index contributed by atoms with van der Waals surface area (Å²) in [6.07, 6.45) is 0. The molecular weight excluding hydrogens is 252 g/mol. The SMILES string of the molecule is CN1CCN(CC(CBr)C(C)(C)C)CC1. The van der Waals surface area contributed by atoms with Gasteiger partial charge in [-0.1, -0.05) is 36.7 Å². The number of alkyl halides is 1. The van der Waals surface area contributed by atoms with Crippen LogP contribution in [-0.4, -0.2) is 54.9 Å². The van der Waals surface area contributed by atoms with E-state index in [0.717, 1.165) is 11.2 Å². The average molecular weight is 277 g/mol. The van der Waals surface area contributed by atoms with Crippen LogP contribution in [0, 0.1) is 11.3 Å². The molecule has 1 unspecified atom stereocenters. The highest BCUT2D eigenvalue weighted by molar-refractivity contribution is 9.09. The van der Waals surface area contributed by atoms with Gasteiger partial charge in [0.05, 0.1) is 0 Å². The molecule has 0 aromatic rings. The second-order valence-electron chi connectivity index (χ2n) is 5.82. The molecule has 0 spiro atoms. The monoisotopic (exact) mass is 276 g/mol. The number of piperazine rings is 1. The molecule has 1 saturated heterocycles. The van der Waals surface area contributed by atoms with Gasteiger partial charge in [-0.2, -0.15) is 0 Å². The van der Waals surface area contributed by atoms with Crippen LogP contribution in [0.4, 0.5) is 0 Å². The zero-order valence-corrected chi connectivity index (χ0v) is 12.2. The van der Waals surface area contributed by atoms with Gasteiger partial charge in [0.15, 0.2) is 0 Å². The van der Waals surface area contributed by atoms with Crippen molar-refractivity contribution in [1.29, 1.82) is 0 Å². The summed E-state index contributed by atoms with van der Waals surface area (Å²) >= 11 is 3.65. The first-order valence-corrected chi connectivity index (χ1v) is 7.02. The van der Waals surface area contributed by atoms with Gasteiger partial charge in [0.25, 0.3) is 0 Å². The van der Waals surface area contributed by atoms with Crippen LogP contribution >= 0.6 is 15.9 Å². The van der Waals surface area contributed by atoms with Crippen LogP contribution in [0.3, 0.4) is 0 Å². The maximum absolute atomic E-state index is 3.65. The summed E-state index contributed by atoms with van der Waals surface area (Å²) in [6, 6.07) is 0. The Morgan fingerprint density at radius 3 is 2.07 bits per heavy atom. The quantitative estimate of drug-likeness (QED) is 0.730.